The Bertz CT molecular complexity index is 746. The molecule has 0 aliphatic heterocycles. The molecule has 4 aromatic rings. The van der Waals surface area contributed by atoms with E-state index in [1.807, 2.05) is 60.7 Å². The zero-order chi connectivity index (χ0) is 24.3. The van der Waals surface area contributed by atoms with Crippen molar-refractivity contribution in [1.82, 2.24) is 0 Å². The number of hydrogen-bond acceptors (Lipinski definition) is 0. The maximum absolute atomic E-state index is 2.89. The fourth-order valence-corrected chi connectivity index (χ4v) is 3.50. The fraction of sp³-hybridized carbons (Fsp3) is 0.312. The van der Waals surface area contributed by atoms with Crippen molar-refractivity contribution < 1.29 is 21.7 Å². The van der Waals surface area contributed by atoms with Gasteiger partial charge in [0.1, 0.15) is 0 Å². The smallest absolute Gasteiger partial charge is 0.196 e. The summed E-state index contributed by atoms with van der Waals surface area (Å²) in [5.74, 6) is 0. The van der Waals surface area contributed by atoms with Gasteiger partial charge in [-0.05, 0) is 0 Å². The molecule has 0 radical (unpaired) electrons. The van der Waals surface area contributed by atoms with Gasteiger partial charge >= 0.3 is 21.7 Å². The van der Waals surface area contributed by atoms with E-state index >= 15 is 0 Å². The largest absolute Gasteiger partial charge is 4.00 e. The summed E-state index contributed by atoms with van der Waals surface area (Å²) in [5, 5.41) is 0. The van der Waals surface area contributed by atoms with E-state index < -0.39 is 0 Å². The molecule has 0 aliphatic carbocycles. The first kappa shape index (κ1) is 30.9. The molecule has 0 nitrogen and oxygen atoms in total. The summed E-state index contributed by atoms with van der Waals surface area (Å²) in [6.45, 7) is 22.0. The van der Waals surface area contributed by atoms with Crippen LogP contribution < -0.4 is 0 Å². The monoisotopic (exact) mass is 472 g/mol. The second-order valence-corrected chi connectivity index (χ2v) is 8.40. The molecule has 0 heterocycles. The molecule has 0 atom stereocenters. The summed E-state index contributed by atoms with van der Waals surface area (Å²) < 4.78 is 0. The molecule has 4 aromatic carbocycles. The van der Waals surface area contributed by atoms with Crippen molar-refractivity contribution in [2.45, 2.75) is 69.2 Å². The molecule has 0 saturated heterocycles. The van der Waals surface area contributed by atoms with Crippen LogP contribution in [0.25, 0.3) is 0 Å². The summed E-state index contributed by atoms with van der Waals surface area (Å²) in [7, 11) is 0. The van der Waals surface area contributed by atoms with Crippen LogP contribution in [0.4, 0.5) is 0 Å². The van der Waals surface area contributed by atoms with Gasteiger partial charge in [-0.1, -0.05) is 69.2 Å². The van der Waals surface area contributed by atoms with Gasteiger partial charge in [0.15, 0.2) is 0 Å². The molecular weight excluding hydrogens is 432 g/mol. The average molecular weight is 473 g/mol. The minimum absolute atomic E-state index is 0. The van der Waals surface area contributed by atoms with Crippen LogP contribution in [0.5, 0.6) is 0 Å². The van der Waals surface area contributed by atoms with Crippen molar-refractivity contribution >= 4 is 0 Å². The number of hydrogen-bond donors (Lipinski definition) is 0. The first-order valence-electron chi connectivity index (χ1n) is 11.3. The molecule has 33 heavy (non-hydrogen) atoms. The van der Waals surface area contributed by atoms with Crippen molar-refractivity contribution in [2.75, 3.05) is 0 Å². The second kappa shape index (κ2) is 15.6. The van der Waals surface area contributed by atoms with E-state index in [0.29, 0.717) is 0 Å². The average Bonchev–Trinajstić information content (AvgIpc) is 3.12. The van der Waals surface area contributed by atoms with E-state index in [9.17, 15) is 0 Å². The molecule has 0 unspecified atom stereocenters. The second-order valence-electron chi connectivity index (χ2n) is 8.40. The first-order valence-corrected chi connectivity index (χ1v) is 11.3. The number of rotatable bonds is 0. The fourth-order valence-electron chi connectivity index (χ4n) is 3.50. The van der Waals surface area contributed by atoms with Crippen LogP contribution >= 0.6 is 0 Å². The van der Waals surface area contributed by atoms with Crippen molar-refractivity contribution in [2.24, 2.45) is 0 Å². The maximum atomic E-state index is 2.89. The molecule has 0 aromatic heterocycles. The third-order valence-corrected chi connectivity index (χ3v) is 6.84. The van der Waals surface area contributed by atoms with Gasteiger partial charge in [-0.25, -0.2) is 0 Å². The van der Waals surface area contributed by atoms with Gasteiger partial charge in [0, 0.05) is 0 Å². The van der Waals surface area contributed by atoms with Crippen molar-refractivity contribution in [3.8, 4) is 0 Å². The van der Waals surface area contributed by atoms with Crippen molar-refractivity contribution in [1.29, 1.82) is 0 Å². The zero-order valence-electron chi connectivity index (χ0n) is 22.3. The SMILES string of the molecule is Cc1c(C)c(C)[c-](C)c1C.Cc1c(C)c(C)[c-](C)c1C.[Ti+4].[c-]1ccccc1.[c-]1ccccc1. The van der Waals surface area contributed by atoms with Crippen LogP contribution in [0, 0.1) is 81.4 Å². The third kappa shape index (κ3) is 9.32. The Morgan fingerprint density at radius 2 is 0.636 bits per heavy atom. The van der Waals surface area contributed by atoms with Gasteiger partial charge < -0.3 is 0 Å². The van der Waals surface area contributed by atoms with E-state index in [-0.39, 0.29) is 21.7 Å². The van der Waals surface area contributed by atoms with Crippen LogP contribution in [0.1, 0.15) is 55.6 Å². The van der Waals surface area contributed by atoms with Gasteiger partial charge in [0.05, 0.1) is 0 Å². The molecule has 4 rings (SSSR count). The summed E-state index contributed by atoms with van der Waals surface area (Å²) in [5.41, 5.74) is 14.7. The van der Waals surface area contributed by atoms with Crippen LogP contribution in [-0.4, -0.2) is 0 Å². The van der Waals surface area contributed by atoms with E-state index in [1.54, 1.807) is 0 Å². The van der Waals surface area contributed by atoms with Gasteiger partial charge in [-0.3, -0.25) is 0 Å². The van der Waals surface area contributed by atoms with Gasteiger partial charge in [0.2, 0.25) is 0 Å². The van der Waals surface area contributed by atoms with E-state index in [4.69, 9.17) is 0 Å². The molecule has 172 valence electrons. The van der Waals surface area contributed by atoms with Gasteiger partial charge in [-0.15, -0.1) is 0 Å². The topological polar surface area (TPSA) is 0 Å². The zero-order valence-corrected chi connectivity index (χ0v) is 23.8. The standard InChI is InChI=1S/2C10H15.2C6H5.Ti/c2*1-6-7(2)9(4)10(5)8(6)3;2*1-2-4-6-5-3-1;/h2*1-5H3;2*1-5H;/q4*-1;+4. The normalized spacial score (nSPS) is 9.27. The number of benzene rings is 2. The maximum Gasteiger partial charge on any atom is 4.00 e. The molecule has 0 bridgehead atoms. The summed E-state index contributed by atoms with van der Waals surface area (Å²) in [6, 6.07) is 25.0. The van der Waals surface area contributed by atoms with Crippen molar-refractivity contribution in [3.63, 3.8) is 0 Å². The molecule has 0 fully saturated rings. The minimum atomic E-state index is 0. The summed E-state index contributed by atoms with van der Waals surface area (Å²) in [6.07, 6.45) is 0. The van der Waals surface area contributed by atoms with E-state index in [0.717, 1.165) is 0 Å². The van der Waals surface area contributed by atoms with Crippen LogP contribution in [-0.2, 0) is 21.7 Å². The molecule has 1 heteroatoms. The van der Waals surface area contributed by atoms with Gasteiger partial charge in [0.25, 0.3) is 0 Å². The Hall–Kier alpha value is -2.15. The molecule has 0 spiro atoms. The Morgan fingerprint density at radius 3 is 0.697 bits per heavy atom. The Kier molecular flexibility index (Phi) is 14.6. The van der Waals surface area contributed by atoms with Crippen LogP contribution in [0.2, 0.25) is 0 Å². The Labute approximate surface area is 218 Å². The first-order chi connectivity index (χ1) is 15.1. The predicted molar refractivity (Wildman–Crippen MR) is 142 cm³/mol. The predicted octanol–water partition coefficient (Wildman–Crippen LogP) is 8.87. The Morgan fingerprint density at radius 1 is 0.424 bits per heavy atom. The Balaban J connectivity index is 0.000000420. The quantitative estimate of drug-likeness (QED) is 0.177. The van der Waals surface area contributed by atoms with E-state index in [2.05, 4.69) is 81.4 Å². The minimum Gasteiger partial charge on any atom is -0.196 e. The van der Waals surface area contributed by atoms with Crippen LogP contribution in [0.15, 0.2) is 60.7 Å². The van der Waals surface area contributed by atoms with Crippen molar-refractivity contribution in [3.05, 3.63) is 128 Å². The summed E-state index contributed by atoms with van der Waals surface area (Å²) in [4.78, 5) is 0. The molecule has 0 saturated carbocycles. The van der Waals surface area contributed by atoms with E-state index in [1.165, 1.54) is 55.6 Å². The molecule has 0 aliphatic rings. The third-order valence-electron chi connectivity index (χ3n) is 6.84. The molecule has 0 amide bonds. The molecular formula is C32H40Ti. The van der Waals surface area contributed by atoms with Gasteiger partial charge in [-0.2, -0.15) is 128 Å². The summed E-state index contributed by atoms with van der Waals surface area (Å²) >= 11 is 0. The molecule has 0 N–H and O–H groups in total. The van der Waals surface area contributed by atoms with Crippen LogP contribution in [0.3, 0.4) is 0 Å².